The minimum Gasteiger partial charge on any atom is -0.295 e. The lowest BCUT2D eigenvalue weighted by molar-refractivity contribution is -0.113. The van der Waals surface area contributed by atoms with E-state index < -0.39 is 0 Å². The van der Waals surface area contributed by atoms with E-state index >= 15 is 0 Å². The number of carbonyl (C=O) groups excluding carboxylic acids is 1. The van der Waals surface area contributed by atoms with Gasteiger partial charge in [0.15, 0.2) is 5.78 Å². The highest BCUT2D eigenvalue weighted by molar-refractivity contribution is 5.93. The van der Waals surface area contributed by atoms with E-state index in [4.69, 9.17) is 0 Å². The van der Waals surface area contributed by atoms with Crippen molar-refractivity contribution >= 4 is 5.78 Å². The number of rotatable bonds is 1. The molecule has 68 valence electrons. The van der Waals surface area contributed by atoms with Crippen LogP contribution in [0.25, 0.3) is 0 Å². The van der Waals surface area contributed by atoms with Crippen molar-refractivity contribution in [3.63, 3.8) is 0 Å². The largest absolute Gasteiger partial charge is 0.295 e. The van der Waals surface area contributed by atoms with Crippen LogP contribution in [-0.4, -0.2) is 5.78 Å². The molecule has 0 spiro atoms. The number of allylic oxidation sites excluding steroid dienone is 2. The molecule has 0 atom stereocenters. The fourth-order valence-corrected chi connectivity index (χ4v) is 1.69. The van der Waals surface area contributed by atoms with Crippen LogP contribution < -0.4 is 0 Å². The maximum atomic E-state index is 11.1. The second kappa shape index (κ2) is 5.13. The van der Waals surface area contributed by atoms with Crippen molar-refractivity contribution in [1.29, 1.82) is 0 Å². The first-order valence-corrected chi connectivity index (χ1v) is 5.00. The summed E-state index contributed by atoms with van der Waals surface area (Å²) in [5.74, 6) is 0.275. The van der Waals surface area contributed by atoms with Crippen LogP contribution in [0.4, 0.5) is 0 Å². The lowest BCUT2D eigenvalue weighted by Gasteiger charge is -2.00. The van der Waals surface area contributed by atoms with E-state index in [-0.39, 0.29) is 5.78 Å². The molecule has 0 bridgehead atoms. The van der Waals surface area contributed by atoms with Crippen LogP contribution in [0.2, 0.25) is 0 Å². The van der Waals surface area contributed by atoms with Crippen LogP contribution in [0.15, 0.2) is 11.6 Å². The number of ketones is 1. The summed E-state index contributed by atoms with van der Waals surface area (Å²) in [5, 5.41) is 0. The monoisotopic (exact) mass is 166 g/mol. The van der Waals surface area contributed by atoms with E-state index in [1.165, 1.54) is 32.1 Å². The molecule has 0 aromatic carbocycles. The lowest BCUT2D eigenvalue weighted by atomic mass is 10.0. The first-order chi connectivity index (χ1) is 5.80. The minimum absolute atomic E-state index is 0.275. The molecule has 0 heterocycles. The molecular formula is C11H18O. The molecule has 0 aromatic heterocycles. The van der Waals surface area contributed by atoms with Gasteiger partial charge in [0.2, 0.25) is 0 Å². The third-order valence-electron chi connectivity index (χ3n) is 2.49. The summed E-state index contributed by atoms with van der Waals surface area (Å²) in [6, 6.07) is 0. The molecule has 1 rings (SSSR count). The van der Waals surface area contributed by atoms with E-state index in [9.17, 15) is 4.79 Å². The molecule has 0 aromatic rings. The highest BCUT2D eigenvalue weighted by Crippen LogP contribution is 2.17. The third-order valence-corrected chi connectivity index (χ3v) is 2.49. The number of carbonyl (C=O) groups is 1. The van der Waals surface area contributed by atoms with Gasteiger partial charge in [-0.25, -0.2) is 0 Å². The van der Waals surface area contributed by atoms with Gasteiger partial charge in [0.1, 0.15) is 0 Å². The predicted octanol–water partition coefficient (Wildman–Crippen LogP) is 3.25. The molecule has 1 aliphatic carbocycles. The molecule has 0 N–H and O–H groups in total. The normalized spacial score (nSPS) is 24.6. The topological polar surface area (TPSA) is 17.1 Å². The molecule has 0 unspecified atom stereocenters. The maximum absolute atomic E-state index is 11.1. The Hall–Kier alpha value is -0.590. The Morgan fingerprint density at radius 1 is 1.17 bits per heavy atom. The van der Waals surface area contributed by atoms with Crippen molar-refractivity contribution in [1.82, 2.24) is 0 Å². The molecule has 1 nitrogen and oxygen atoms in total. The summed E-state index contributed by atoms with van der Waals surface area (Å²) in [4.78, 5) is 11.1. The zero-order valence-corrected chi connectivity index (χ0v) is 7.94. The highest BCUT2D eigenvalue weighted by Gasteiger charge is 2.04. The van der Waals surface area contributed by atoms with Crippen molar-refractivity contribution in [3.8, 4) is 0 Å². The molecular weight excluding hydrogens is 148 g/mol. The zero-order valence-electron chi connectivity index (χ0n) is 7.94. The van der Waals surface area contributed by atoms with Crippen molar-refractivity contribution in [3.05, 3.63) is 11.6 Å². The van der Waals surface area contributed by atoms with Crippen molar-refractivity contribution in [2.45, 2.75) is 51.9 Å². The minimum atomic E-state index is 0.275. The van der Waals surface area contributed by atoms with Gasteiger partial charge in [0.25, 0.3) is 0 Å². The molecule has 0 saturated heterocycles. The number of Topliss-reactive ketones (excluding diaryl/α,β-unsaturated/α-hetero) is 1. The van der Waals surface area contributed by atoms with E-state index in [0.717, 1.165) is 18.4 Å². The van der Waals surface area contributed by atoms with Crippen LogP contribution >= 0.6 is 0 Å². The third kappa shape index (κ3) is 3.21. The van der Waals surface area contributed by atoms with E-state index in [0.29, 0.717) is 0 Å². The standard InChI is InChI=1S/C11H18O/c1-10(12)11-8-6-4-2-3-5-7-9-11/h8H,2-7,9H2,1H3/b11-8+. The van der Waals surface area contributed by atoms with Gasteiger partial charge in [-0.05, 0) is 38.2 Å². The first kappa shape index (κ1) is 9.50. The summed E-state index contributed by atoms with van der Waals surface area (Å²) in [7, 11) is 0. The number of hydrogen-bond donors (Lipinski definition) is 0. The summed E-state index contributed by atoms with van der Waals surface area (Å²) >= 11 is 0. The Balaban J connectivity index is 2.49. The Kier molecular flexibility index (Phi) is 4.06. The smallest absolute Gasteiger partial charge is 0.155 e. The second-order valence-electron chi connectivity index (χ2n) is 3.59. The van der Waals surface area contributed by atoms with Crippen LogP contribution in [0, 0.1) is 0 Å². The first-order valence-electron chi connectivity index (χ1n) is 5.00. The fourth-order valence-electron chi connectivity index (χ4n) is 1.69. The molecule has 0 saturated carbocycles. The van der Waals surface area contributed by atoms with Crippen molar-refractivity contribution in [2.24, 2.45) is 0 Å². The van der Waals surface area contributed by atoms with Gasteiger partial charge >= 0.3 is 0 Å². The van der Waals surface area contributed by atoms with Crippen molar-refractivity contribution in [2.75, 3.05) is 0 Å². The summed E-state index contributed by atoms with van der Waals surface area (Å²) in [5.41, 5.74) is 1.07. The Bertz CT molecular complexity index is 179. The summed E-state index contributed by atoms with van der Waals surface area (Å²) in [6.07, 6.45) is 10.7. The second-order valence-corrected chi connectivity index (χ2v) is 3.59. The van der Waals surface area contributed by atoms with Gasteiger partial charge in [-0.15, -0.1) is 0 Å². The van der Waals surface area contributed by atoms with Crippen molar-refractivity contribution < 1.29 is 4.79 Å². The summed E-state index contributed by atoms with van der Waals surface area (Å²) in [6.45, 7) is 1.68. The average molecular weight is 166 g/mol. The van der Waals surface area contributed by atoms with E-state index in [2.05, 4.69) is 6.08 Å². The lowest BCUT2D eigenvalue weighted by Crippen LogP contribution is -1.96. The van der Waals surface area contributed by atoms with Gasteiger partial charge in [-0.2, -0.15) is 0 Å². The van der Waals surface area contributed by atoms with Crippen LogP contribution in [0.1, 0.15) is 51.9 Å². The molecule has 0 radical (unpaired) electrons. The average Bonchev–Trinajstić information content (AvgIpc) is 2.15. The van der Waals surface area contributed by atoms with Gasteiger partial charge in [0.05, 0.1) is 0 Å². The highest BCUT2D eigenvalue weighted by atomic mass is 16.1. The summed E-state index contributed by atoms with van der Waals surface area (Å²) < 4.78 is 0. The molecule has 1 aliphatic rings. The Morgan fingerprint density at radius 2 is 1.83 bits per heavy atom. The van der Waals surface area contributed by atoms with Crippen LogP contribution in [-0.2, 0) is 4.79 Å². The molecule has 1 heteroatoms. The SMILES string of the molecule is CC(=O)/C1=C/CCCCCCC1. The van der Waals surface area contributed by atoms with Gasteiger partial charge in [-0.3, -0.25) is 4.79 Å². The predicted molar refractivity (Wildman–Crippen MR) is 51.1 cm³/mol. The molecule has 0 amide bonds. The van der Waals surface area contributed by atoms with Gasteiger partial charge < -0.3 is 0 Å². The van der Waals surface area contributed by atoms with E-state index in [1.807, 2.05) is 0 Å². The van der Waals surface area contributed by atoms with Gasteiger partial charge in [0, 0.05) is 0 Å². The van der Waals surface area contributed by atoms with E-state index in [1.54, 1.807) is 6.92 Å². The molecule has 0 fully saturated rings. The van der Waals surface area contributed by atoms with Gasteiger partial charge in [-0.1, -0.05) is 25.3 Å². The quantitative estimate of drug-likeness (QED) is 0.584. The van der Waals surface area contributed by atoms with Crippen LogP contribution in [0.3, 0.4) is 0 Å². The molecule has 0 aliphatic heterocycles. The Morgan fingerprint density at radius 3 is 2.58 bits per heavy atom. The zero-order chi connectivity index (χ0) is 8.81. The van der Waals surface area contributed by atoms with Crippen LogP contribution in [0.5, 0.6) is 0 Å². The Labute approximate surface area is 74.9 Å². The molecule has 12 heavy (non-hydrogen) atoms. The number of hydrogen-bond acceptors (Lipinski definition) is 1. The fraction of sp³-hybridized carbons (Fsp3) is 0.727. The maximum Gasteiger partial charge on any atom is 0.155 e.